The van der Waals surface area contributed by atoms with E-state index in [0.717, 1.165) is 23.8 Å². The Hall–Kier alpha value is -1.63. The first-order valence-electron chi connectivity index (χ1n) is 6.99. The number of hydrogen-bond acceptors (Lipinski definition) is 5. The number of anilines is 1. The number of rotatable bonds is 3. The maximum absolute atomic E-state index is 12.1. The second-order valence-electron chi connectivity index (χ2n) is 5.69. The number of nitrogens with zero attached hydrogens (tertiary/aromatic N) is 4. The van der Waals surface area contributed by atoms with Gasteiger partial charge in [0.1, 0.15) is 0 Å². The van der Waals surface area contributed by atoms with E-state index in [-0.39, 0.29) is 17.4 Å². The van der Waals surface area contributed by atoms with Crippen LogP contribution in [0.15, 0.2) is 9.59 Å². The van der Waals surface area contributed by atoms with E-state index in [2.05, 4.69) is 29.4 Å². The molecule has 1 aliphatic rings. The second kappa shape index (κ2) is 5.78. The van der Waals surface area contributed by atoms with Crippen LogP contribution in [0.1, 0.15) is 25.7 Å². The fourth-order valence-electron chi connectivity index (χ4n) is 2.86. The van der Waals surface area contributed by atoms with Crippen LogP contribution in [0.3, 0.4) is 0 Å². The van der Waals surface area contributed by atoms with Gasteiger partial charge in [0, 0.05) is 26.2 Å². The summed E-state index contributed by atoms with van der Waals surface area (Å²) in [7, 11) is 7.13. The number of likely N-dealkylation sites (N-methyl/N-ethyl adjacent to an activating group) is 1. The van der Waals surface area contributed by atoms with Gasteiger partial charge in [0.2, 0.25) is 5.82 Å². The van der Waals surface area contributed by atoms with Gasteiger partial charge >= 0.3 is 5.69 Å². The Bertz CT molecular complexity index is 589. The Labute approximate surface area is 118 Å². The van der Waals surface area contributed by atoms with Gasteiger partial charge in [-0.1, -0.05) is 12.8 Å². The summed E-state index contributed by atoms with van der Waals surface area (Å²) in [6.45, 7) is 0. The van der Waals surface area contributed by atoms with Crippen LogP contribution in [0.25, 0.3) is 0 Å². The minimum Gasteiger partial charge on any atom is -0.360 e. The number of nitrogens with one attached hydrogen (secondary N) is 1. The quantitative estimate of drug-likeness (QED) is 0.828. The van der Waals surface area contributed by atoms with E-state index in [4.69, 9.17) is 0 Å². The molecule has 112 valence electrons. The summed E-state index contributed by atoms with van der Waals surface area (Å²) in [5.74, 6) is 0.258. The van der Waals surface area contributed by atoms with E-state index in [1.807, 2.05) is 0 Å². The summed E-state index contributed by atoms with van der Waals surface area (Å²) in [6.07, 6.45) is 4.47. The standard InChI is InChI=1S/C13H23N5O2/c1-16(2)10-8-6-5-7-9(10)14-11-12(19)17(3)13(20)18(4)15-11/h9-10H,5-8H2,1-4H3,(H,14,15). The molecule has 2 atom stereocenters. The van der Waals surface area contributed by atoms with E-state index in [9.17, 15) is 9.59 Å². The molecule has 0 bridgehead atoms. The predicted molar refractivity (Wildman–Crippen MR) is 78.1 cm³/mol. The van der Waals surface area contributed by atoms with E-state index in [1.165, 1.54) is 18.2 Å². The van der Waals surface area contributed by atoms with Crippen molar-refractivity contribution in [3.05, 3.63) is 20.8 Å². The lowest BCUT2D eigenvalue weighted by Gasteiger charge is -2.36. The van der Waals surface area contributed by atoms with Gasteiger partial charge in [0.25, 0.3) is 5.56 Å². The van der Waals surface area contributed by atoms with Gasteiger partial charge in [-0.25, -0.2) is 9.48 Å². The second-order valence-corrected chi connectivity index (χ2v) is 5.69. The minimum atomic E-state index is -0.409. The molecule has 1 aliphatic carbocycles. The third-order valence-corrected chi connectivity index (χ3v) is 4.04. The summed E-state index contributed by atoms with van der Waals surface area (Å²) in [5.41, 5.74) is -0.774. The smallest absolute Gasteiger partial charge is 0.346 e. The van der Waals surface area contributed by atoms with Crippen molar-refractivity contribution in [1.82, 2.24) is 19.2 Å². The van der Waals surface area contributed by atoms with Crippen molar-refractivity contribution in [3.63, 3.8) is 0 Å². The number of aromatic nitrogens is 3. The van der Waals surface area contributed by atoms with Gasteiger partial charge in [-0.15, -0.1) is 5.10 Å². The van der Waals surface area contributed by atoms with Crippen LogP contribution < -0.4 is 16.6 Å². The molecule has 2 unspecified atom stereocenters. The minimum absolute atomic E-state index is 0.191. The van der Waals surface area contributed by atoms with Crippen molar-refractivity contribution in [1.29, 1.82) is 0 Å². The molecule has 0 aliphatic heterocycles. The van der Waals surface area contributed by atoms with Crippen molar-refractivity contribution < 1.29 is 0 Å². The van der Waals surface area contributed by atoms with E-state index >= 15 is 0 Å². The van der Waals surface area contributed by atoms with Gasteiger partial charge in [-0.2, -0.15) is 0 Å². The highest BCUT2D eigenvalue weighted by molar-refractivity contribution is 5.32. The molecule has 0 aromatic carbocycles. The van der Waals surface area contributed by atoms with Crippen molar-refractivity contribution in [2.75, 3.05) is 19.4 Å². The van der Waals surface area contributed by atoms with Crippen LogP contribution in [0.5, 0.6) is 0 Å². The van der Waals surface area contributed by atoms with Gasteiger partial charge in [-0.3, -0.25) is 9.36 Å². The van der Waals surface area contributed by atoms with E-state index in [1.54, 1.807) is 7.05 Å². The highest BCUT2D eigenvalue weighted by Gasteiger charge is 2.27. The highest BCUT2D eigenvalue weighted by atomic mass is 16.2. The van der Waals surface area contributed by atoms with E-state index < -0.39 is 5.69 Å². The number of hydrogen-bond donors (Lipinski definition) is 1. The summed E-state index contributed by atoms with van der Waals surface area (Å²) in [4.78, 5) is 25.9. The lowest BCUT2D eigenvalue weighted by molar-refractivity contribution is 0.211. The molecule has 0 spiro atoms. The average Bonchev–Trinajstić information content (AvgIpc) is 2.43. The molecule has 1 saturated carbocycles. The summed E-state index contributed by atoms with van der Waals surface area (Å²) in [6, 6.07) is 0.573. The van der Waals surface area contributed by atoms with Gasteiger partial charge in [-0.05, 0) is 26.9 Å². The number of aryl methyl sites for hydroxylation is 1. The Morgan fingerprint density at radius 1 is 1.20 bits per heavy atom. The highest BCUT2D eigenvalue weighted by Crippen LogP contribution is 2.23. The molecule has 20 heavy (non-hydrogen) atoms. The molecule has 1 aromatic heterocycles. The van der Waals surface area contributed by atoms with Crippen molar-refractivity contribution >= 4 is 5.82 Å². The molecule has 1 N–H and O–H groups in total. The maximum atomic E-state index is 12.1. The van der Waals surface area contributed by atoms with Crippen molar-refractivity contribution in [2.24, 2.45) is 14.1 Å². The first-order chi connectivity index (χ1) is 9.41. The third kappa shape index (κ3) is 2.77. The molecular weight excluding hydrogens is 258 g/mol. The van der Waals surface area contributed by atoms with E-state index in [0.29, 0.717) is 6.04 Å². The van der Waals surface area contributed by atoms with Crippen LogP contribution in [0.2, 0.25) is 0 Å². The zero-order valence-corrected chi connectivity index (χ0v) is 12.6. The Kier molecular flexibility index (Phi) is 4.27. The first-order valence-corrected chi connectivity index (χ1v) is 6.99. The summed E-state index contributed by atoms with van der Waals surface area (Å²) < 4.78 is 2.28. The molecular formula is C13H23N5O2. The van der Waals surface area contributed by atoms with Crippen molar-refractivity contribution in [2.45, 2.75) is 37.8 Å². The molecule has 7 heteroatoms. The zero-order valence-electron chi connectivity index (χ0n) is 12.6. The SMILES string of the molecule is CN(C)C1CCCCC1Nc1nn(C)c(=O)n(C)c1=O. The van der Waals surface area contributed by atoms with Gasteiger partial charge in [0.05, 0.1) is 0 Å². The van der Waals surface area contributed by atoms with Crippen LogP contribution in [-0.4, -0.2) is 45.4 Å². The van der Waals surface area contributed by atoms with Crippen LogP contribution in [-0.2, 0) is 14.1 Å². The molecule has 2 rings (SSSR count). The largest absolute Gasteiger partial charge is 0.360 e. The molecule has 7 nitrogen and oxygen atoms in total. The fraction of sp³-hybridized carbons (Fsp3) is 0.769. The lowest BCUT2D eigenvalue weighted by Crippen LogP contribution is -2.48. The third-order valence-electron chi connectivity index (χ3n) is 4.04. The monoisotopic (exact) mass is 281 g/mol. The van der Waals surface area contributed by atoms with Crippen molar-refractivity contribution in [3.8, 4) is 0 Å². The van der Waals surface area contributed by atoms with Crippen LogP contribution in [0, 0.1) is 0 Å². The average molecular weight is 281 g/mol. The normalized spacial score (nSPS) is 23.1. The van der Waals surface area contributed by atoms with Gasteiger partial charge < -0.3 is 10.2 Å². The predicted octanol–water partition coefficient (Wildman–Crippen LogP) is -0.236. The first kappa shape index (κ1) is 14.8. The Morgan fingerprint density at radius 2 is 1.85 bits per heavy atom. The maximum Gasteiger partial charge on any atom is 0.346 e. The van der Waals surface area contributed by atoms with Crippen LogP contribution in [0.4, 0.5) is 5.82 Å². The Morgan fingerprint density at radius 3 is 2.50 bits per heavy atom. The summed E-state index contributed by atoms with van der Waals surface area (Å²) >= 11 is 0. The molecule has 0 amide bonds. The zero-order chi connectivity index (χ0) is 14.9. The molecule has 0 saturated heterocycles. The molecule has 1 fully saturated rings. The Balaban J connectivity index is 2.29. The molecule has 1 heterocycles. The van der Waals surface area contributed by atoms with Gasteiger partial charge in [0.15, 0.2) is 0 Å². The lowest BCUT2D eigenvalue weighted by atomic mass is 9.89. The molecule has 1 aromatic rings. The topological polar surface area (TPSA) is 72.2 Å². The molecule has 0 radical (unpaired) electrons. The summed E-state index contributed by atoms with van der Waals surface area (Å²) in [5, 5.41) is 7.31. The van der Waals surface area contributed by atoms with Crippen LogP contribution >= 0.6 is 0 Å². The fourth-order valence-corrected chi connectivity index (χ4v) is 2.86.